The van der Waals surface area contributed by atoms with Crippen LogP contribution in [0.5, 0.6) is 5.75 Å². The van der Waals surface area contributed by atoms with Crippen LogP contribution in [0.3, 0.4) is 0 Å². The van der Waals surface area contributed by atoms with E-state index in [-0.39, 0.29) is 13.0 Å². The predicted molar refractivity (Wildman–Crippen MR) is 101 cm³/mol. The second-order valence-electron chi connectivity index (χ2n) is 8.49. The van der Waals surface area contributed by atoms with Crippen LogP contribution < -0.4 is 10.7 Å². The number of aromatic hydroxyl groups is 1. The van der Waals surface area contributed by atoms with Gasteiger partial charge in [0.05, 0.1) is 6.04 Å². The highest BCUT2D eigenvalue weighted by molar-refractivity contribution is 5.99. The van der Waals surface area contributed by atoms with Crippen molar-refractivity contribution in [1.29, 1.82) is 0 Å². The molecule has 1 aromatic heterocycles. The average Bonchev–Trinajstić information content (AvgIpc) is 3.23. The summed E-state index contributed by atoms with van der Waals surface area (Å²) in [5, 5.41) is 12.5. The Morgan fingerprint density at radius 3 is 2.52 bits per heavy atom. The van der Waals surface area contributed by atoms with Crippen molar-refractivity contribution in [2.24, 2.45) is 5.92 Å². The van der Waals surface area contributed by atoms with Crippen LogP contribution in [0.4, 0.5) is 22.0 Å². The van der Waals surface area contributed by atoms with Crippen molar-refractivity contribution in [3.05, 3.63) is 62.8 Å². The summed E-state index contributed by atoms with van der Waals surface area (Å²) >= 11 is 0. The third-order valence-electron chi connectivity index (χ3n) is 6.64. The van der Waals surface area contributed by atoms with Crippen LogP contribution in [-0.2, 0) is 13.1 Å². The van der Waals surface area contributed by atoms with Crippen LogP contribution in [0, 0.1) is 23.4 Å². The van der Waals surface area contributed by atoms with E-state index >= 15 is 0 Å². The summed E-state index contributed by atoms with van der Waals surface area (Å²) in [5.41, 5.74) is -2.89. The lowest BCUT2D eigenvalue weighted by Gasteiger charge is -2.42. The number of carbonyl (C=O) groups excluding carboxylic acids is 2. The van der Waals surface area contributed by atoms with E-state index in [0.717, 1.165) is 10.8 Å². The molecule has 3 aliphatic rings. The zero-order chi connectivity index (χ0) is 23.8. The number of halogens is 5. The summed E-state index contributed by atoms with van der Waals surface area (Å²) in [4.78, 5) is 39.3. The molecular weight excluding hydrogens is 453 g/mol. The molecule has 2 bridgehead atoms. The summed E-state index contributed by atoms with van der Waals surface area (Å²) < 4.78 is 70.2. The van der Waals surface area contributed by atoms with E-state index in [1.807, 2.05) is 0 Å². The number of aromatic nitrogens is 1. The molecule has 1 saturated carbocycles. The van der Waals surface area contributed by atoms with E-state index in [4.69, 9.17) is 0 Å². The van der Waals surface area contributed by atoms with Crippen molar-refractivity contribution < 1.29 is 36.6 Å². The molecule has 7 nitrogen and oxygen atoms in total. The minimum Gasteiger partial charge on any atom is -0.503 e. The molecule has 3 heterocycles. The fourth-order valence-electron chi connectivity index (χ4n) is 5.17. The molecule has 5 rings (SSSR count). The summed E-state index contributed by atoms with van der Waals surface area (Å²) in [5.74, 6) is -10.6. The van der Waals surface area contributed by atoms with E-state index in [1.165, 1.54) is 4.90 Å². The number of benzene rings is 1. The maximum Gasteiger partial charge on any atom is 0.275 e. The lowest BCUT2D eigenvalue weighted by Crippen LogP contribution is -2.56. The Morgan fingerprint density at radius 1 is 1.18 bits per heavy atom. The van der Waals surface area contributed by atoms with E-state index in [0.29, 0.717) is 12.1 Å². The standard InChI is InChI=1S/C21H16F5N3O4/c22-8-1-13(23)10(14(24)2-8)5-27-19(32)11-6-28-7-15-12-3-9(4-21(12,25)26)29(15)20(33)16(28)18(31)17(11)30/h1-2,6,9,12,15,31H,3-5,7H2,(H,27,32)/t9-,12-,15+/m1/s1. The number of carbonyl (C=O) groups is 2. The minimum atomic E-state index is -2.95. The molecule has 33 heavy (non-hydrogen) atoms. The zero-order valence-corrected chi connectivity index (χ0v) is 16.7. The number of fused-ring (bicyclic) bond motifs is 6. The van der Waals surface area contributed by atoms with Gasteiger partial charge in [0.15, 0.2) is 11.4 Å². The van der Waals surface area contributed by atoms with Crippen molar-refractivity contribution in [3.8, 4) is 5.75 Å². The van der Waals surface area contributed by atoms with Gasteiger partial charge in [0.1, 0.15) is 23.0 Å². The molecule has 2 aliphatic heterocycles. The fraction of sp³-hybridized carbons (Fsp3) is 0.381. The highest BCUT2D eigenvalue weighted by Crippen LogP contribution is 2.53. The van der Waals surface area contributed by atoms with Gasteiger partial charge in [0.25, 0.3) is 17.7 Å². The van der Waals surface area contributed by atoms with Crippen LogP contribution >= 0.6 is 0 Å². The molecule has 12 heteroatoms. The van der Waals surface area contributed by atoms with Crippen molar-refractivity contribution in [2.75, 3.05) is 0 Å². The quantitative estimate of drug-likeness (QED) is 0.675. The lowest BCUT2D eigenvalue weighted by atomic mass is 9.92. The first-order valence-corrected chi connectivity index (χ1v) is 10.1. The largest absolute Gasteiger partial charge is 0.503 e. The molecule has 1 aromatic carbocycles. The Morgan fingerprint density at radius 2 is 1.85 bits per heavy atom. The van der Waals surface area contributed by atoms with E-state index < -0.39 is 94.2 Å². The van der Waals surface area contributed by atoms with Gasteiger partial charge in [-0.15, -0.1) is 0 Å². The molecule has 1 saturated heterocycles. The number of nitrogens with one attached hydrogen (secondary N) is 1. The smallest absolute Gasteiger partial charge is 0.275 e. The van der Waals surface area contributed by atoms with Crippen LogP contribution in [0.2, 0.25) is 0 Å². The maximum absolute atomic E-state index is 14.2. The minimum absolute atomic E-state index is 0.102. The second-order valence-corrected chi connectivity index (χ2v) is 8.49. The molecule has 0 unspecified atom stereocenters. The molecule has 0 radical (unpaired) electrons. The fourth-order valence-corrected chi connectivity index (χ4v) is 5.17. The Kier molecular flexibility index (Phi) is 4.56. The van der Waals surface area contributed by atoms with Gasteiger partial charge in [0.2, 0.25) is 5.43 Å². The molecule has 2 N–H and O–H groups in total. The molecule has 2 amide bonds. The first kappa shape index (κ1) is 21.4. The maximum atomic E-state index is 14.2. The summed E-state index contributed by atoms with van der Waals surface area (Å²) in [6.45, 7) is -0.892. The van der Waals surface area contributed by atoms with Gasteiger partial charge in [-0.25, -0.2) is 22.0 Å². The third-order valence-corrected chi connectivity index (χ3v) is 6.64. The number of hydrogen-bond donors (Lipinski definition) is 2. The molecule has 0 spiro atoms. The lowest BCUT2D eigenvalue weighted by molar-refractivity contribution is -0.0887. The number of pyridine rings is 1. The number of rotatable bonds is 3. The first-order valence-electron chi connectivity index (χ1n) is 10.1. The number of alkyl halides is 2. The van der Waals surface area contributed by atoms with Crippen LogP contribution in [0.1, 0.15) is 39.3 Å². The third kappa shape index (κ3) is 3.10. The number of nitrogens with zero attached hydrogens (tertiary/aromatic N) is 2. The van der Waals surface area contributed by atoms with Gasteiger partial charge in [-0.2, -0.15) is 0 Å². The van der Waals surface area contributed by atoms with Gasteiger partial charge in [-0.05, 0) is 6.42 Å². The number of amides is 2. The Hall–Kier alpha value is -3.44. The van der Waals surface area contributed by atoms with Gasteiger partial charge in [-0.3, -0.25) is 14.4 Å². The predicted octanol–water partition coefficient (Wildman–Crippen LogP) is 2.15. The van der Waals surface area contributed by atoms with Gasteiger partial charge in [-0.1, -0.05) is 0 Å². The molecule has 2 fully saturated rings. The average molecular weight is 469 g/mol. The van der Waals surface area contributed by atoms with Crippen molar-refractivity contribution in [1.82, 2.24) is 14.8 Å². The molecule has 1 aliphatic carbocycles. The number of piperidine rings is 1. The van der Waals surface area contributed by atoms with Gasteiger partial charge in [0, 0.05) is 55.4 Å². The van der Waals surface area contributed by atoms with E-state index in [2.05, 4.69) is 5.32 Å². The normalized spacial score (nSPS) is 24.6. The van der Waals surface area contributed by atoms with Crippen LogP contribution in [-0.4, -0.2) is 44.4 Å². The summed E-state index contributed by atoms with van der Waals surface area (Å²) in [7, 11) is 0. The highest BCUT2D eigenvalue weighted by atomic mass is 19.3. The van der Waals surface area contributed by atoms with Crippen molar-refractivity contribution in [3.63, 3.8) is 0 Å². The van der Waals surface area contributed by atoms with Crippen LogP contribution in [0.25, 0.3) is 0 Å². The Labute approximate surface area is 182 Å². The Bertz CT molecular complexity index is 1250. The zero-order valence-electron chi connectivity index (χ0n) is 16.7. The first-order chi connectivity index (χ1) is 15.5. The topological polar surface area (TPSA) is 91.6 Å². The second kappa shape index (κ2) is 7.03. The summed E-state index contributed by atoms with van der Waals surface area (Å²) in [6, 6.07) is -0.715. The van der Waals surface area contributed by atoms with Crippen LogP contribution in [0.15, 0.2) is 23.1 Å². The van der Waals surface area contributed by atoms with Crippen molar-refractivity contribution >= 4 is 11.8 Å². The van der Waals surface area contributed by atoms with E-state index in [9.17, 15) is 41.4 Å². The molecule has 3 atom stereocenters. The van der Waals surface area contributed by atoms with Gasteiger partial charge < -0.3 is 19.9 Å². The van der Waals surface area contributed by atoms with Crippen molar-refractivity contribution in [2.45, 2.75) is 43.9 Å². The SMILES string of the molecule is O=C(NCc1c(F)cc(F)cc1F)c1cn2c(c(O)c1=O)C(=O)N1[C@@H]3C[C@H]([C@@H]1C2)C(F)(F)C3. The number of hydrogen-bond acceptors (Lipinski definition) is 4. The summed E-state index contributed by atoms with van der Waals surface area (Å²) in [6.07, 6.45) is 0.580. The van der Waals surface area contributed by atoms with Gasteiger partial charge >= 0.3 is 0 Å². The Balaban J connectivity index is 1.45. The molecule has 174 valence electrons. The monoisotopic (exact) mass is 469 g/mol. The van der Waals surface area contributed by atoms with E-state index in [1.54, 1.807) is 0 Å². The molecule has 2 aromatic rings. The molecular formula is C21H16F5N3O4. The highest BCUT2D eigenvalue weighted by Gasteiger charge is 2.63.